The summed E-state index contributed by atoms with van der Waals surface area (Å²) in [5, 5.41) is 2.77. The number of ether oxygens (including phenoxy) is 1. The fourth-order valence-electron chi connectivity index (χ4n) is 2.35. The van der Waals surface area contributed by atoms with Crippen LogP contribution in [0.2, 0.25) is 0 Å². The van der Waals surface area contributed by atoms with Crippen LogP contribution in [0.3, 0.4) is 0 Å². The van der Waals surface area contributed by atoms with Crippen molar-refractivity contribution >= 4 is 25.1 Å². The van der Waals surface area contributed by atoms with Crippen LogP contribution in [0.15, 0.2) is 23.8 Å². The minimum atomic E-state index is -0.591. The molecule has 0 bridgehead atoms. The van der Waals surface area contributed by atoms with Crippen molar-refractivity contribution in [1.82, 2.24) is 10.3 Å². The van der Waals surface area contributed by atoms with Gasteiger partial charge in [0.15, 0.2) is 0 Å². The number of esters is 1. The molecule has 1 aromatic rings. The maximum atomic E-state index is 11.5. The number of carbonyl (C=O) groups is 2. The number of rotatable bonds is 5. The van der Waals surface area contributed by atoms with E-state index in [1.807, 2.05) is 33.8 Å². The first-order valence-corrected chi connectivity index (χ1v) is 8.40. The van der Waals surface area contributed by atoms with Crippen LogP contribution in [0.4, 0.5) is 0 Å². The number of hydrogen-bond acceptors (Lipinski definition) is 6. The van der Waals surface area contributed by atoms with Crippen LogP contribution in [0, 0.1) is 0 Å². The van der Waals surface area contributed by atoms with Crippen LogP contribution >= 0.6 is 0 Å². The molecular weight excluding hydrogens is 335 g/mol. The third-order valence-electron chi connectivity index (χ3n) is 4.63. The lowest BCUT2D eigenvalue weighted by atomic mass is 9.77. The number of nitrogens with one attached hydrogen (secondary N) is 1. The predicted octanol–water partition coefficient (Wildman–Crippen LogP) is 2.02. The Bertz CT molecular complexity index is 697. The Morgan fingerprint density at radius 2 is 1.85 bits per heavy atom. The molecule has 2 rings (SSSR count). The topological polar surface area (TPSA) is 86.8 Å². The summed E-state index contributed by atoms with van der Waals surface area (Å²) in [4.78, 5) is 26.9. The van der Waals surface area contributed by atoms with Crippen molar-refractivity contribution in [3.05, 3.63) is 35.1 Å². The lowest BCUT2D eigenvalue weighted by Crippen LogP contribution is -2.41. The molecule has 1 amide bonds. The summed E-state index contributed by atoms with van der Waals surface area (Å²) in [5.74, 6) is -0.642. The minimum Gasteiger partial charge on any atom is -0.464 e. The van der Waals surface area contributed by atoms with Crippen molar-refractivity contribution in [2.75, 3.05) is 13.7 Å². The smallest absolute Gasteiger partial charge is 0.464 e. The van der Waals surface area contributed by atoms with E-state index in [2.05, 4.69) is 15.0 Å². The number of amides is 1. The van der Waals surface area contributed by atoms with Gasteiger partial charge in [-0.25, -0.2) is 9.78 Å². The lowest BCUT2D eigenvalue weighted by molar-refractivity contribution is -0.118. The molecule has 2 heterocycles. The largest absolute Gasteiger partial charge is 0.492 e. The van der Waals surface area contributed by atoms with Crippen LogP contribution in [0.5, 0.6) is 0 Å². The summed E-state index contributed by atoms with van der Waals surface area (Å²) >= 11 is 0. The number of nitrogens with zero attached hydrogens (tertiary/aromatic N) is 1. The maximum Gasteiger partial charge on any atom is 0.492 e. The van der Waals surface area contributed by atoms with Crippen molar-refractivity contribution < 1.29 is 23.6 Å². The van der Waals surface area contributed by atoms with Gasteiger partial charge in [-0.3, -0.25) is 4.79 Å². The Kier molecular flexibility index (Phi) is 5.88. The van der Waals surface area contributed by atoms with Crippen LogP contribution in [0.25, 0.3) is 6.08 Å². The fraction of sp³-hybridized carbons (Fsp3) is 0.500. The minimum absolute atomic E-state index is 0.147. The summed E-state index contributed by atoms with van der Waals surface area (Å²) in [6.07, 6.45) is 3.40. The Morgan fingerprint density at radius 1 is 1.23 bits per heavy atom. The molecule has 0 saturated carbocycles. The zero-order valence-electron chi connectivity index (χ0n) is 16.1. The van der Waals surface area contributed by atoms with Gasteiger partial charge in [-0.1, -0.05) is 12.1 Å². The van der Waals surface area contributed by atoms with Crippen LogP contribution in [0.1, 0.15) is 50.7 Å². The Labute approximate surface area is 154 Å². The molecule has 0 aliphatic carbocycles. The summed E-state index contributed by atoms with van der Waals surface area (Å²) in [6.45, 7) is 9.61. The van der Waals surface area contributed by atoms with E-state index in [0.717, 1.165) is 11.0 Å². The van der Waals surface area contributed by atoms with Crippen LogP contribution in [-0.2, 0) is 18.8 Å². The van der Waals surface area contributed by atoms with Gasteiger partial charge < -0.3 is 19.4 Å². The third-order valence-corrected chi connectivity index (χ3v) is 4.63. The molecule has 1 fully saturated rings. The van der Waals surface area contributed by atoms with Gasteiger partial charge in [0.2, 0.25) is 5.91 Å². The Morgan fingerprint density at radius 3 is 2.31 bits per heavy atom. The summed E-state index contributed by atoms with van der Waals surface area (Å²) in [6, 6.07) is 3.33. The van der Waals surface area contributed by atoms with E-state index in [9.17, 15) is 9.59 Å². The monoisotopic (exact) mass is 360 g/mol. The van der Waals surface area contributed by atoms with Gasteiger partial charge in [-0.2, -0.15) is 0 Å². The summed E-state index contributed by atoms with van der Waals surface area (Å²) in [7, 11) is 0.717. The van der Waals surface area contributed by atoms with Crippen molar-refractivity contribution in [2.45, 2.75) is 45.8 Å². The molecule has 1 aliphatic rings. The van der Waals surface area contributed by atoms with Gasteiger partial charge in [0.05, 0.1) is 18.3 Å². The first kappa shape index (κ1) is 20.1. The molecule has 1 N–H and O–H groups in total. The number of carbonyl (C=O) groups excluding carboxylic acids is 2. The normalized spacial score (nSPS) is 18.5. The summed E-state index contributed by atoms with van der Waals surface area (Å²) in [5.41, 5.74) is 0.766. The SMILES string of the molecule is COC(=O)c1ccc(C=C(CNC(C)=O)B2OC(C)(C)C(C)(C)O2)cn1. The Hall–Kier alpha value is -2.19. The zero-order valence-corrected chi connectivity index (χ0v) is 16.1. The molecule has 1 aromatic heterocycles. The summed E-state index contributed by atoms with van der Waals surface area (Å²) < 4.78 is 16.8. The van der Waals surface area contributed by atoms with Gasteiger partial charge in [-0.15, -0.1) is 0 Å². The highest BCUT2D eigenvalue weighted by Crippen LogP contribution is 2.38. The van der Waals surface area contributed by atoms with E-state index in [-0.39, 0.29) is 18.1 Å². The second-order valence-corrected chi connectivity index (χ2v) is 7.19. The van der Waals surface area contributed by atoms with Crippen molar-refractivity contribution in [3.8, 4) is 0 Å². The average molecular weight is 360 g/mol. The second-order valence-electron chi connectivity index (χ2n) is 7.19. The molecule has 8 heteroatoms. The quantitative estimate of drug-likeness (QED) is 0.639. The first-order valence-electron chi connectivity index (χ1n) is 8.40. The Balaban J connectivity index is 2.28. The van der Waals surface area contributed by atoms with Crippen LogP contribution in [-0.4, -0.2) is 48.8 Å². The predicted molar refractivity (Wildman–Crippen MR) is 98.3 cm³/mol. The van der Waals surface area contributed by atoms with E-state index in [4.69, 9.17) is 9.31 Å². The molecule has 1 saturated heterocycles. The molecule has 0 atom stereocenters. The van der Waals surface area contributed by atoms with Gasteiger partial charge >= 0.3 is 13.1 Å². The van der Waals surface area contributed by atoms with E-state index >= 15 is 0 Å². The third kappa shape index (κ3) is 4.50. The molecule has 0 spiro atoms. The maximum absolute atomic E-state index is 11.5. The molecule has 26 heavy (non-hydrogen) atoms. The van der Waals surface area contributed by atoms with Crippen molar-refractivity contribution in [1.29, 1.82) is 0 Å². The van der Waals surface area contributed by atoms with Gasteiger partial charge in [0.1, 0.15) is 5.69 Å². The zero-order chi connectivity index (χ0) is 19.5. The molecule has 0 aromatic carbocycles. The van der Waals surface area contributed by atoms with Gasteiger partial charge in [-0.05, 0) is 44.8 Å². The average Bonchev–Trinajstić information content (AvgIpc) is 2.78. The standard InChI is InChI=1S/C18H25BN2O5/c1-12(22)20-11-14(19-25-17(2,3)18(4,5)26-19)9-13-7-8-15(21-10-13)16(23)24-6/h7-10H,11H2,1-6H3,(H,20,22). The number of hydrogen-bond donors (Lipinski definition) is 1. The van der Waals surface area contributed by atoms with E-state index < -0.39 is 24.3 Å². The highest BCUT2D eigenvalue weighted by molar-refractivity contribution is 6.56. The molecule has 140 valence electrons. The highest BCUT2D eigenvalue weighted by atomic mass is 16.7. The van der Waals surface area contributed by atoms with Crippen molar-refractivity contribution in [3.63, 3.8) is 0 Å². The van der Waals surface area contributed by atoms with Gasteiger partial charge in [0, 0.05) is 19.7 Å². The number of aromatic nitrogens is 1. The second kappa shape index (κ2) is 7.59. The molecule has 7 nitrogen and oxygen atoms in total. The lowest BCUT2D eigenvalue weighted by Gasteiger charge is -2.32. The highest BCUT2D eigenvalue weighted by Gasteiger charge is 2.52. The van der Waals surface area contributed by atoms with Crippen molar-refractivity contribution in [2.24, 2.45) is 0 Å². The van der Waals surface area contributed by atoms with Crippen LogP contribution < -0.4 is 5.32 Å². The van der Waals surface area contributed by atoms with E-state index in [0.29, 0.717) is 0 Å². The van der Waals surface area contributed by atoms with E-state index in [1.165, 1.54) is 14.0 Å². The number of pyridine rings is 1. The fourth-order valence-corrected chi connectivity index (χ4v) is 2.35. The van der Waals surface area contributed by atoms with E-state index in [1.54, 1.807) is 18.3 Å². The molecular formula is C18H25BN2O5. The molecule has 0 radical (unpaired) electrons. The first-order chi connectivity index (χ1) is 12.1. The number of methoxy groups -OCH3 is 1. The molecule has 1 aliphatic heterocycles. The van der Waals surface area contributed by atoms with Gasteiger partial charge in [0.25, 0.3) is 0 Å². The molecule has 0 unspecified atom stereocenters.